The number of carbonyl (C=O) groups excluding carboxylic acids is 2. The number of para-hydroxylation sites is 1. The van der Waals surface area contributed by atoms with Crippen molar-refractivity contribution in [3.8, 4) is 11.5 Å². The largest absolute Gasteiger partial charge is 0.486 e. The molecule has 2 heterocycles. The summed E-state index contributed by atoms with van der Waals surface area (Å²) >= 11 is 0. The molecule has 1 N–H and O–H groups in total. The monoisotopic (exact) mass is 409 g/mol. The van der Waals surface area contributed by atoms with E-state index in [2.05, 4.69) is 12.2 Å². The second-order valence-corrected chi connectivity index (χ2v) is 7.52. The first kappa shape index (κ1) is 20.1. The number of urea groups is 1. The van der Waals surface area contributed by atoms with Crippen LogP contribution in [0.25, 0.3) is 0 Å². The third-order valence-corrected chi connectivity index (χ3v) is 5.34. The third-order valence-electron chi connectivity index (χ3n) is 5.34. The van der Waals surface area contributed by atoms with Crippen LogP contribution in [-0.2, 0) is 4.79 Å². The van der Waals surface area contributed by atoms with Gasteiger partial charge in [0.15, 0.2) is 11.5 Å². The van der Waals surface area contributed by atoms with Crippen LogP contribution < -0.4 is 24.6 Å². The number of amides is 3. The maximum atomic E-state index is 13.0. The summed E-state index contributed by atoms with van der Waals surface area (Å²) in [5.74, 6) is 1.32. The number of ether oxygens (including phenoxy) is 2. The Bertz CT molecular complexity index is 903. The highest BCUT2D eigenvalue weighted by atomic mass is 16.6. The van der Waals surface area contributed by atoms with Crippen molar-refractivity contribution in [2.24, 2.45) is 0 Å². The van der Waals surface area contributed by atoms with E-state index in [0.717, 1.165) is 24.2 Å². The van der Waals surface area contributed by atoms with Gasteiger partial charge in [0.05, 0.1) is 6.04 Å². The summed E-state index contributed by atoms with van der Waals surface area (Å²) in [6.45, 7) is 4.19. The lowest BCUT2D eigenvalue weighted by Gasteiger charge is -2.25. The quantitative estimate of drug-likeness (QED) is 0.792. The van der Waals surface area contributed by atoms with E-state index in [-0.39, 0.29) is 24.4 Å². The molecule has 0 spiro atoms. The molecule has 0 bridgehead atoms. The van der Waals surface area contributed by atoms with Gasteiger partial charge in [0.1, 0.15) is 13.2 Å². The Morgan fingerprint density at radius 1 is 1.13 bits per heavy atom. The van der Waals surface area contributed by atoms with Crippen molar-refractivity contribution in [3.63, 3.8) is 0 Å². The van der Waals surface area contributed by atoms with Crippen LogP contribution in [-0.4, -0.2) is 44.3 Å². The normalized spacial score (nSPS) is 17.7. The summed E-state index contributed by atoms with van der Waals surface area (Å²) in [5, 5.41) is 3.05. The maximum Gasteiger partial charge on any atom is 0.322 e. The van der Waals surface area contributed by atoms with Crippen molar-refractivity contribution in [2.45, 2.75) is 32.2 Å². The molecule has 1 saturated heterocycles. The first-order valence-corrected chi connectivity index (χ1v) is 10.5. The molecular formula is C23H27N3O4. The van der Waals surface area contributed by atoms with Crippen LogP contribution in [0.15, 0.2) is 48.5 Å². The molecule has 0 aliphatic carbocycles. The second-order valence-electron chi connectivity index (χ2n) is 7.52. The standard InChI is InChI=1S/C23H27N3O4/c1-2-3-11-25(18-7-5-4-6-8-18)23(28)24-17-14-22(27)26(16-17)19-9-10-20-21(15-19)30-13-12-29-20/h4-10,15,17H,2-3,11-14,16H2,1H3,(H,24,28)/t17-/m1/s1. The molecule has 2 aromatic carbocycles. The summed E-state index contributed by atoms with van der Waals surface area (Å²) in [6, 6.07) is 14.7. The molecule has 2 aromatic rings. The predicted molar refractivity (Wildman–Crippen MR) is 115 cm³/mol. The van der Waals surface area contributed by atoms with Crippen LogP contribution in [0.1, 0.15) is 26.2 Å². The molecule has 1 fully saturated rings. The number of hydrogen-bond donors (Lipinski definition) is 1. The van der Waals surface area contributed by atoms with E-state index in [1.807, 2.05) is 48.5 Å². The van der Waals surface area contributed by atoms with Crippen LogP contribution in [0.2, 0.25) is 0 Å². The first-order valence-electron chi connectivity index (χ1n) is 10.5. The van der Waals surface area contributed by atoms with Gasteiger partial charge in [0, 0.05) is 37.0 Å². The van der Waals surface area contributed by atoms with Gasteiger partial charge in [-0.1, -0.05) is 31.5 Å². The van der Waals surface area contributed by atoms with Crippen LogP contribution in [0.3, 0.4) is 0 Å². The molecule has 158 valence electrons. The highest BCUT2D eigenvalue weighted by Gasteiger charge is 2.33. The first-order chi connectivity index (χ1) is 14.7. The Morgan fingerprint density at radius 2 is 1.90 bits per heavy atom. The summed E-state index contributed by atoms with van der Waals surface area (Å²) in [7, 11) is 0. The topological polar surface area (TPSA) is 71.1 Å². The minimum atomic E-state index is -0.244. The van der Waals surface area contributed by atoms with Gasteiger partial charge in [0.2, 0.25) is 5.91 Å². The van der Waals surface area contributed by atoms with Crippen molar-refractivity contribution < 1.29 is 19.1 Å². The SMILES string of the molecule is CCCCN(C(=O)N[C@@H]1CC(=O)N(c2ccc3c(c2)OCCO3)C1)c1ccccc1. The summed E-state index contributed by atoms with van der Waals surface area (Å²) in [5.41, 5.74) is 1.61. The zero-order valence-electron chi connectivity index (χ0n) is 17.2. The van der Waals surface area contributed by atoms with Crippen LogP contribution >= 0.6 is 0 Å². The Balaban J connectivity index is 1.44. The molecule has 1 atom stereocenters. The lowest BCUT2D eigenvalue weighted by Crippen LogP contribution is -2.46. The number of nitrogens with zero attached hydrogens (tertiary/aromatic N) is 2. The minimum Gasteiger partial charge on any atom is -0.486 e. The third kappa shape index (κ3) is 4.35. The molecule has 4 rings (SSSR count). The zero-order chi connectivity index (χ0) is 20.9. The molecule has 30 heavy (non-hydrogen) atoms. The average molecular weight is 409 g/mol. The van der Waals surface area contributed by atoms with E-state index in [1.54, 1.807) is 9.80 Å². The predicted octanol–water partition coefficient (Wildman–Crippen LogP) is 3.58. The average Bonchev–Trinajstić information content (AvgIpc) is 3.14. The van der Waals surface area contributed by atoms with Gasteiger partial charge in [0.25, 0.3) is 0 Å². The van der Waals surface area contributed by atoms with Gasteiger partial charge in [-0.05, 0) is 30.7 Å². The molecule has 0 saturated carbocycles. The van der Waals surface area contributed by atoms with E-state index in [0.29, 0.717) is 37.8 Å². The van der Waals surface area contributed by atoms with Gasteiger partial charge in [-0.2, -0.15) is 0 Å². The fraction of sp³-hybridized carbons (Fsp3) is 0.391. The Morgan fingerprint density at radius 3 is 2.67 bits per heavy atom. The van der Waals surface area contributed by atoms with E-state index in [9.17, 15) is 9.59 Å². The van der Waals surface area contributed by atoms with E-state index in [4.69, 9.17) is 9.47 Å². The highest BCUT2D eigenvalue weighted by Crippen LogP contribution is 2.35. The fourth-order valence-electron chi connectivity index (χ4n) is 3.78. The summed E-state index contributed by atoms with van der Waals surface area (Å²) < 4.78 is 11.2. The number of unbranched alkanes of at least 4 members (excludes halogenated alkanes) is 1. The van der Waals surface area contributed by atoms with Gasteiger partial charge < -0.3 is 19.7 Å². The van der Waals surface area contributed by atoms with Crippen molar-refractivity contribution >= 4 is 23.3 Å². The molecule has 0 unspecified atom stereocenters. The van der Waals surface area contributed by atoms with Crippen molar-refractivity contribution in [1.82, 2.24) is 5.32 Å². The Hall–Kier alpha value is -3.22. The zero-order valence-corrected chi connectivity index (χ0v) is 17.2. The van der Waals surface area contributed by atoms with Gasteiger partial charge in [-0.25, -0.2) is 4.79 Å². The smallest absolute Gasteiger partial charge is 0.322 e. The van der Waals surface area contributed by atoms with E-state index < -0.39 is 0 Å². The van der Waals surface area contributed by atoms with Gasteiger partial charge >= 0.3 is 6.03 Å². The molecular weight excluding hydrogens is 382 g/mol. The molecule has 0 radical (unpaired) electrons. The van der Waals surface area contributed by atoms with Crippen LogP contribution in [0.4, 0.5) is 16.2 Å². The number of benzene rings is 2. The minimum absolute atomic E-state index is 0.0169. The molecule has 0 aromatic heterocycles. The number of hydrogen-bond acceptors (Lipinski definition) is 4. The van der Waals surface area contributed by atoms with Crippen molar-refractivity contribution in [1.29, 1.82) is 0 Å². The van der Waals surface area contributed by atoms with E-state index >= 15 is 0 Å². The number of fused-ring (bicyclic) bond motifs is 1. The lowest BCUT2D eigenvalue weighted by atomic mass is 10.2. The lowest BCUT2D eigenvalue weighted by molar-refractivity contribution is -0.117. The molecule has 2 aliphatic rings. The fourth-order valence-corrected chi connectivity index (χ4v) is 3.78. The number of carbonyl (C=O) groups is 2. The van der Waals surface area contributed by atoms with Gasteiger partial charge in [-0.3, -0.25) is 9.69 Å². The van der Waals surface area contributed by atoms with Crippen molar-refractivity contribution in [3.05, 3.63) is 48.5 Å². The molecule has 3 amide bonds. The van der Waals surface area contributed by atoms with Gasteiger partial charge in [-0.15, -0.1) is 0 Å². The van der Waals surface area contributed by atoms with Crippen molar-refractivity contribution in [2.75, 3.05) is 36.1 Å². The Labute approximate surface area is 176 Å². The van der Waals surface area contributed by atoms with Crippen LogP contribution in [0.5, 0.6) is 11.5 Å². The highest BCUT2D eigenvalue weighted by molar-refractivity contribution is 5.98. The number of anilines is 2. The maximum absolute atomic E-state index is 13.0. The molecule has 2 aliphatic heterocycles. The van der Waals surface area contributed by atoms with Crippen LogP contribution in [0, 0.1) is 0 Å². The Kier molecular flexibility index (Phi) is 6.07. The summed E-state index contributed by atoms with van der Waals surface area (Å²) in [6.07, 6.45) is 2.18. The molecule has 7 nitrogen and oxygen atoms in total. The van der Waals surface area contributed by atoms with E-state index in [1.165, 1.54) is 0 Å². The number of nitrogens with one attached hydrogen (secondary N) is 1. The number of rotatable bonds is 6. The second kappa shape index (κ2) is 9.07. The summed E-state index contributed by atoms with van der Waals surface area (Å²) in [4.78, 5) is 29.1. The molecule has 7 heteroatoms.